The highest BCUT2D eigenvalue weighted by Gasteiger charge is 2.15. The smallest absolute Gasteiger partial charge is 0.222 e. The molecule has 19 heavy (non-hydrogen) atoms. The lowest BCUT2D eigenvalue weighted by Gasteiger charge is -2.03. The van der Waals surface area contributed by atoms with Crippen LogP contribution in [0.3, 0.4) is 0 Å². The van der Waals surface area contributed by atoms with E-state index in [1.165, 1.54) is 0 Å². The summed E-state index contributed by atoms with van der Waals surface area (Å²) in [6.45, 7) is 3.11. The van der Waals surface area contributed by atoms with E-state index in [9.17, 15) is 0 Å². The van der Waals surface area contributed by atoms with Crippen LogP contribution in [-0.4, -0.2) is 12.4 Å². The van der Waals surface area contributed by atoms with Crippen LogP contribution in [0.5, 0.6) is 0 Å². The molecule has 0 radical (unpaired) electrons. The molecule has 1 aromatic carbocycles. The van der Waals surface area contributed by atoms with Crippen molar-refractivity contribution >= 4 is 17.5 Å². The number of nitrogens with zero attached hydrogens (tertiary/aromatic N) is 1. The minimum atomic E-state index is 0.530. The van der Waals surface area contributed by atoms with Crippen LogP contribution in [0.4, 0.5) is 0 Å². The van der Waals surface area contributed by atoms with Crippen molar-refractivity contribution in [2.45, 2.75) is 19.9 Å². The first kappa shape index (κ1) is 13.8. The number of hydrogen-bond acceptors (Lipinski definition) is 3. The molecule has 1 aliphatic heterocycles. The summed E-state index contributed by atoms with van der Waals surface area (Å²) in [6, 6.07) is 7.89. The van der Waals surface area contributed by atoms with Crippen molar-refractivity contribution in [1.29, 1.82) is 0 Å². The zero-order chi connectivity index (χ0) is 13.7. The van der Waals surface area contributed by atoms with Gasteiger partial charge in [0.25, 0.3) is 0 Å². The fraction of sp³-hybridized carbons (Fsp3) is 0.267. The first-order valence-electron chi connectivity index (χ1n) is 6.31. The Kier molecular flexibility index (Phi) is 4.77. The van der Waals surface area contributed by atoms with Crippen LogP contribution in [0.1, 0.15) is 24.5 Å². The molecule has 100 valence electrons. The summed E-state index contributed by atoms with van der Waals surface area (Å²) in [5, 5.41) is 0.687. The number of hydrogen-bond donors (Lipinski definition) is 1. The standard InChI is InChI=1S/C15H17ClN2O/c1-2-3-13(16)8-14-10-18-15(19-14)12-6-4-11(9-17)5-7-12/h3-8H,2,9-10,17H2,1H3/b13-3+,14-8+. The Bertz CT molecular complexity index is 530. The van der Waals surface area contributed by atoms with Gasteiger partial charge in [0, 0.05) is 17.1 Å². The van der Waals surface area contributed by atoms with Crippen molar-refractivity contribution < 1.29 is 4.74 Å². The Hall–Kier alpha value is -1.58. The predicted molar refractivity (Wildman–Crippen MR) is 79.1 cm³/mol. The van der Waals surface area contributed by atoms with Crippen LogP contribution in [0.2, 0.25) is 0 Å². The summed E-state index contributed by atoms with van der Waals surface area (Å²) < 4.78 is 5.69. The fourth-order valence-corrected chi connectivity index (χ4v) is 2.03. The molecule has 3 nitrogen and oxygen atoms in total. The van der Waals surface area contributed by atoms with Gasteiger partial charge in [-0.2, -0.15) is 0 Å². The fourth-order valence-electron chi connectivity index (χ4n) is 1.75. The van der Waals surface area contributed by atoms with Gasteiger partial charge in [-0.15, -0.1) is 0 Å². The SMILES string of the molecule is CC/C=C(Cl)\C=C1/CN=C(c2ccc(CN)cc2)O1. The second-order valence-corrected chi connectivity index (χ2v) is 4.67. The van der Waals surface area contributed by atoms with Gasteiger partial charge in [-0.05, 0) is 30.2 Å². The lowest BCUT2D eigenvalue weighted by atomic mass is 10.1. The summed E-state index contributed by atoms with van der Waals surface area (Å²) in [6.07, 6.45) is 4.65. The first-order valence-corrected chi connectivity index (χ1v) is 6.68. The zero-order valence-electron chi connectivity index (χ0n) is 10.9. The summed E-state index contributed by atoms with van der Waals surface area (Å²) in [4.78, 5) is 4.37. The van der Waals surface area contributed by atoms with Crippen LogP contribution >= 0.6 is 11.6 Å². The van der Waals surface area contributed by atoms with Gasteiger partial charge < -0.3 is 10.5 Å². The molecule has 0 unspecified atom stereocenters. The zero-order valence-corrected chi connectivity index (χ0v) is 11.7. The van der Waals surface area contributed by atoms with E-state index in [-0.39, 0.29) is 0 Å². The molecule has 1 heterocycles. The second-order valence-electron chi connectivity index (χ2n) is 4.23. The molecule has 0 atom stereocenters. The van der Waals surface area contributed by atoms with Crippen molar-refractivity contribution in [3.8, 4) is 0 Å². The molecule has 1 aliphatic rings. The van der Waals surface area contributed by atoms with E-state index in [4.69, 9.17) is 22.1 Å². The van der Waals surface area contributed by atoms with E-state index in [2.05, 4.69) is 4.99 Å². The molecular weight excluding hydrogens is 260 g/mol. The van der Waals surface area contributed by atoms with Gasteiger partial charge in [0.2, 0.25) is 5.90 Å². The van der Waals surface area contributed by atoms with Crippen molar-refractivity contribution in [3.63, 3.8) is 0 Å². The second kappa shape index (κ2) is 6.55. The molecule has 2 N–H and O–H groups in total. The molecule has 4 heteroatoms. The normalized spacial score (nSPS) is 17.5. The number of aliphatic imine (C=N–C) groups is 1. The molecular formula is C15H17ClN2O. The third kappa shape index (κ3) is 3.69. The van der Waals surface area contributed by atoms with Crippen LogP contribution < -0.4 is 5.73 Å². The highest BCUT2D eigenvalue weighted by molar-refractivity contribution is 6.31. The van der Waals surface area contributed by atoms with Gasteiger partial charge in [0.15, 0.2) is 0 Å². The maximum atomic E-state index is 6.03. The van der Waals surface area contributed by atoms with Gasteiger partial charge in [-0.3, -0.25) is 0 Å². The van der Waals surface area contributed by atoms with Crippen molar-refractivity contribution in [2.24, 2.45) is 10.7 Å². The van der Waals surface area contributed by atoms with E-state index in [1.807, 2.05) is 43.3 Å². The molecule has 0 saturated heterocycles. The Labute approximate surface area is 118 Å². The first-order chi connectivity index (χ1) is 9.22. The average molecular weight is 277 g/mol. The van der Waals surface area contributed by atoms with Gasteiger partial charge in [0.05, 0.1) is 0 Å². The Morgan fingerprint density at radius 3 is 2.79 bits per heavy atom. The van der Waals surface area contributed by atoms with Crippen LogP contribution in [-0.2, 0) is 11.3 Å². The van der Waals surface area contributed by atoms with Crippen molar-refractivity contribution in [3.05, 3.63) is 58.3 Å². The Balaban J connectivity index is 2.06. The van der Waals surface area contributed by atoms with E-state index < -0.39 is 0 Å². The molecule has 0 amide bonds. The molecule has 0 aliphatic carbocycles. The highest BCUT2D eigenvalue weighted by Crippen LogP contribution is 2.18. The van der Waals surface area contributed by atoms with Gasteiger partial charge in [-0.25, -0.2) is 4.99 Å². The quantitative estimate of drug-likeness (QED) is 0.917. The summed E-state index contributed by atoms with van der Waals surface area (Å²) in [5.74, 6) is 1.41. The lowest BCUT2D eigenvalue weighted by Crippen LogP contribution is -2.02. The topological polar surface area (TPSA) is 47.6 Å². The Morgan fingerprint density at radius 1 is 1.42 bits per heavy atom. The Morgan fingerprint density at radius 2 is 2.16 bits per heavy atom. The maximum Gasteiger partial charge on any atom is 0.222 e. The van der Waals surface area contributed by atoms with E-state index >= 15 is 0 Å². The number of ether oxygens (including phenoxy) is 1. The number of allylic oxidation sites excluding steroid dienone is 3. The molecule has 1 aromatic rings. The van der Waals surface area contributed by atoms with Gasteiger partial charge in [0.1, 0.15) is 12.3 Å². The monoisotopic (exact) mass is 276 g/mol. The van der Waals surface area contributed by atoms with E-state index in [0.29, 0.717) is 24.0 Å². The third-order valence-electron chi connectivity index (χ3n) is 2.74. The van der Waals surface area contributed by atoms with E-state index in [0.717, 1.165) is 23.3 Å². The van der Waals surface area contributed by atoms with E-state index in [1.54, 1.807) is 0 Å². The number of benzene rings is 1. The summed E-state index contributed by atoms with van der Waals surface area (Å²) in [7, 11) is 0. The molecule has 0 fully saturated rings. The van der Waals surface area contributed by atoms with Gasteiger partial charge in [-0.1, -0.05) is 36.7 Å². The van der Waals surface area contributed by atoms with Crippen LogP contribution in [0.15, 0.2) is 52.2 Å². The van der Waals surface area contributed by atoms with Gasteiger partial charge >= 0.3 is 0 Å². The summed E-state index contributed by atoms with van der Waals surface area (Å²) >= 11 is 6.03. The third-order valence-corrected chi connectivity index (χ3v) is 3.00. The summed E-state index contributed by atoms with van der Waals surface area (Å²) in [5.41, 5.74) is 7.61. The van der Waals surface area contributed by atoms with Crippen LogP contribution in [0.25, 0.3) is 0 Å². The van der Waals surface area contributed by atoms with Crippen LogP contribution in [0, 0.1) is 0 Å². The largest absolute Gasteiger partial charge is 0.441 e. The molecule has 2 rings (SSSR count). The minimum Gasteiger partial charge on any atom is -0.441 e. The molecule has 0 bridgehead atoms. The van der Waals surface area contributed by atoms with Crippen molar-refractivity contribution in [2.75, 3.05) is 6.54 Å². The number of halogens is 1. The molecule has 0 aromatic heterocycles. The molecule has 0 saturated carbocycles. The number of nitrogens with two attached hydrogens (primary N) is 1. The molecule has 0 spiro atoms. The van der Waals surface area contributed by atoms with Crippen molar-refractivity contribution in [1.82, 2.24) is 0 Å². The predicted octanol–water partition coefficient (Wildman–Crippen LogP) is 3.34. The lowest BCUT2D eigenvalue weighted by molar-refractivity contribution is 0.439. The maximum absolute atomic E-state index is 6.03. The highest BCUT2D eigenvalue weighted by atomic mass is 35.5. The number of rotatable bonds is 4. The average Bonchev–Trinajstić information content (AvgIpc) is 2.87. The minimum absolute atomic E-state index is 0.530.